The Morgan fingerprint density at radius 2 is 2.04 bits per heavy atom. The normalized spacial score (nSPS) is 17.8. The number of unbranched alkanes of at least 4 members (excludes halogenated alkanes) is 1. The number of rotatable bonds is 9. The van der Waals surface area contributed by atoms with E-state index < -0.39 is 10.2 Å². The maximum Gasteiger partial charge on any atom is 0.279 e. The smallest absolute Gasteiger partial charge is 0.279 e. The van der Waals surface area contributed by atoms with Crippen LogP contribution in [0.1, 0.15) is 36.9 Å². The van der Waals surface area contributed by atoms with Crippen molar-refractivity contribution < 1.29 is 13.2 Å². The molecule has 0 amide bonds. The van der Waals surface area contributed by atoms with Gasteiger partial charge in [0.05, 0.1) is 13.2 Å². The zero-order valence-electron chi connectivity index (χ0n) is 15.6. The molecule has 0 saturated carbocycles. The van der Waals surface area contributed by atoms with E-state index in [2.05, 4.69) is 41.7 Å². The Morgan fingerprint density at radius 1 is 1.32 bits per heavy atom. The second kappa shape index (κ2) is 9.64. The Kier molecular flexibility index (Phi) is 7.83. The lowest BCUT2D eigenvalue weighted by Crippen LogP contribution is -2.46. The molecule has 0 radical (unpaired) electrons. The van der Waals surface area contributed by atoms with Gasteiger partial charge in [-0.15, -0.1) is 0 Å². The van der Waals surface area contributed by atoms with Crippen molar-refractivity contribution in [3.8, 4) is 0 Å². The maximum atomic E-state index is 12.5. The molecule has 142 valence electrons. The zero-order chi connectivity index (χ0) is 18.3. The van der Waals surface area contributed by atoms with Gasteiger partial charge in [-0.05, 0) is 18.9 Å². The third kappa shape index (κ3) is 6.04. The highest BCUT2D eigenvalue weighted by Gasteiger charge is 2.25. The standard InChI is InChI=1S/C18H31N3O3S/c1-4-5-9-20(3)25(22,23)19-15-18(21-10-12-24-13-11-21)17-8-6-7-16(2)14-17/h6-8,14,18-19H,4-5,9-13,15H2,1-3H3. The van der Waals surface area contributed by atoms with Gasteiger partial charge in [-0.25, -0.2) is 4.72 Å². The third-order valence-electron chi connectivity index (χ3n) is 4.61. The minimum absolute atomic E-state index is 0.0122. The van der Waals surface area contributed by atoms with E-state index in [0.717, 1.165) is 31.5 Å². The molecule has 1 aliphatic rings. The summed E-state index contributed by atoms with van der Waals surface area (Å²) < 4.78 is 34.6. The molecular formula is C18H31N3O3S. The Morgan fingerprint density at radius 3 is 2.68 bits per heavy atom. The topological polar surface area (TPSA) is 61.9 Å². The minimum atomic E-state index is -3.46. The molecule has 1 aromatic rings. The Balaban J connectivity index is 2.10. The third-order valence-corrected chi connectivity index (χ3v) is 6.14. The summed E-state index contributed by atoms with van der Waals surface area (Å²) in [4.78, 5) is 2.30. The first-order chi connectivity index (χ1) is 11.9. The van der Waals surface area contributed by atoms with Crippen molar-refractivity contribution in [3.63, 3.8) is 0 Å². The highest BCUT2D eigenvalue weighted by atomic mass is 32.2. The van der Waals surface area contributed by atoms with E-state index in [1.165, 1.54) is 9.87 Å². The lowest BCUT2D eigenvalue weighted by Gasteiger charge is -2.35. The first-order valence-electron chi connectivity index (χ1n) is 9.03. The number of nitrogens with one attached hydrogen (secondary N) is 1. The summed E-state index contributed by atoms with van der Waals surface area (Å²) in [5, 5.41) is 0. The molecule has 0 spiro atoms. The zero-order valence-corrected chi connectivity index (χ0v) is 16.4. The van der Waals surface area contributed by atoms with Gasteiger partial charge in [0.25, 0.3) is 10.2 Å². The van der Waals surface area contributed by atoms with Crippen molar-refractivity contribution in [3.05, 3.63) is 35.4 Å². The second-order valence-electron chi connectivity index (χ2n) is 6.61. The lowest BCUT2D eigenvalue weighted by atomic mass is 10.0. The van der Waals surface area contributed by atoms with Crippen LogP contribution in [0.15, 0.2) is 24.3 Å². The molecular weight excluding hydrogens is 338 g/mol. The van der Waals surface area contributed by atoms with Crippen molar-refractivity contribution in [1.29, 1.82) is 0 Å². The molecule has 0 aromatic heterocycles. The quantitative estimate of drug-likeness (QED) is 0.723. The number of benzene rings is 1. The maximum absolute atomic E-state index is 12.5. The molecule has 1 unspecified atom stereocenters. The monoisotopic (exact) mass is 369 g/mol. The Labute approximate surface area is 152 Å². The fourth-order valence-electron chi connectivity index (χ4n) is 3.02. The van der Waals surface area contributed by atoms with E-state index in [0.29, 0.717) is 26.3 Å². The molecule has 1 N–H and O–H groups in total. The first-order valence-corrected chi connectivity index (χ1v) is 10.5. The number of hydrogen-bond acceptors (Lipinski definition) is 4. The van der Waals surface area contributed by atoms with E-state index in [1.54, 1.807) is 7.05 Å². The van der Waals surface area contributed by atoms with Gasteiger partial charge in [-0.1, -0.05) is 43.2 Å². The van der Waals surface area contributed by atoms with Crippen molar-refractivity contribution in [2.24, 2.45) is 0 Å². The molecule has 1 heterocycles. The molecule has 1 saturated heterocycles. The average molecular weight is 370 g/mol. The van der Waals surface area contributed by atoms with Gasteiger partial charge in [0.2, 0.25) is 0 Å². The van der Waals surface area contributed by atoms with E-state index >= 15 is 0 Å². The molecule has 1 fully saturated rings. The van der Waals surface area contributed by atoms with Crippen molar-refractivity contribution >= 4 is 10.2 Å². The van der Waals surface area contributed by atoms with Crippen molar-refractivity contribution in [2.75, 3.05) is 46.4 Å². The van der Waals surface area contributed by atoms with Crippen LogP contribution in [0.25, 0.3) is 0 Å². The predicted octanol–water partition coefficient (Wildman–Crippen LogP) is 1.93. The number of morpholine rings is 1. The predicted molar refractivity (Wildman–Crippen MR) is 101 cm³/mol. The van der Waals surface area contributed by atoms with Gasteiger partial charge in [-0.2, -0.15) is 12.7 Å². The summed E-state index contributed by atoms with van der Waals surface area (Å²) in [6.45, 7) is 8.01. The minimum Gasteiger partial charge on any atom is -0.379 e. The molecule has 25 heavy (non-hydrogen) atoms. The number of hydrogen-bond donors (Lipinski definition) is 1. The summed E-state index contributed by atoms with van der Waals surface area (Å²) in [5.74, 6) is 0. The van der Waals surface area contributed by atoms with Crippen LogP contribution in [0, 0.1) is 6.92 Å². The number of aryl methyl sites for hydroxylation is 1. The van der Waals surface area contributed by atoms with E-state index in [4.69, 9.17) is 4.74 Å². The van der Waals surface area contributed by atoms with Gasteiger partial charge in [0, 0.05) is 39.3 Å². The fourth-order valence-corrected chi connectivity index (χ4v) is 3.98. The fraction of sp³-hybridized carbons (Fsp3) is 0.667. The van der Waals surface area contributed by atoms with Crippen LogP contribution >= 0.6 is 0 Å². The Bertz CT molecular complexity index is 630. The summed E-state index contributed by atoms with van der Waals surface area (Å²) in [6.07, 6.45) is 1.84. The molecule has 1 aliphatic heterocycles. The van der Waals surface area contributed by atoms with Gasteiger partial charge in [-0.3, -0.25) is 4.90 Å². The number of nitrogens with zero attached hydrogens (tertiary/aromatic N) is 2. The van der Waals surface area contributed by atoms with Crippen LogP contribution in [-0.4, -0.2) is 64.1 Å². The van der Waals surface area contributed by atoms with E-state index in [9.17, 15) is 8.42 Å². The molecule has 0 aliphatic carbocycles. The van der Waals surface area contributed by atoms with Crippen LogP contribution in [0.3, 0.4) is 0 Å². The van der Waals surface area contributed by atoms with Gasteiger partial charge in [0.1, 0.15) is 0 Å². The molecule has 1 aromatic carbocycles. The van der Waals surface area contributed by atoms with Crippen LogP contribution in [0.5, 0.6) is 0 Å². The largest absolute Gasteiger partial charge is 0.379 e. The number of ether oxygens (including phenoxy) is 1. The molecule has 1 atom stereocenters. The SMILES string of the molecule is CCCCN(C)S(=O)(=O)NCC(c1cccc(C)c1)N1CCOCC1. The van der Waals surface area contributed by atoms with Crippen LogP contribution < -0.4 is 4.72 Å². The van der Waals surface area contributed by atoms with Gasteiger partial charge >= 0.3 is 0 Å². The summed E-state index contributed by atoms with van der Waals surface area (Å²) in [5.41, 5.74) is 2.32. The Hall–Kier alpha value is -0.990. The summed E-state index contributed by atoms with van der Waals surface area (Å²) in [6, 6.07) is 8.30. The lowest BCUT2D eigenvalue weighted by molar-refractivity contribution is 0.0171. The first kappa shape index (κ1) is 20.3. The van der Waals surface area contributed by atoms with Gasteiger partial charge < -0.3 is 4.74 Å². The second-order valence-corrected chi connectivity index (χ2v) is 8.47. The molecule has 7 heteroatoms. The highest BCUT2D eigenvalue weighted by Crippen LogP contribution is 2.22. The molecule has 6 nitrogen and oxygen atoms in total. The molecule has 0 bridgehead atoms. The van der Waals surface area contributed by atoms with Crippen LogP contribution in [-0.2, 0) is 14.9 Å². The van der Waals surface area contributed by atoms with Crippen LogP contribution in [0.2, 0.25) is 0 Å². The highest BCUT2D eigenvalue weighted by molar-refractivity contribution is 7.87. The van der Waals surface area contributed by atoms with Gasteiger partial charge in [0.15, 0.2) is 0 Å². The van der Waals surface area contributed by atoms with E-state index in [-0.39, 0.29) is 6.04 Å². The van der Waals surface area contributed by atoms with E-state index in [1.807, 2.05) is 6.07 Å². The van der Waals surface area contributed by atoms with Crippen molar-refractivity contribution in [1.82, 2.24) is 13.9 Å². The van der Waals surface area contributed by atoms with Crippen LogP contribution in [0.4, 0.5) is 0 Å². The average Bonchev–Trinajstić information content (AvgIpc) is 2.60. The molecule has 2 rings (SSSR count). The van der Waals surface area contributed by atoms with Crippen molar-refractivity contribution in [2.45, 2.75) is 32.7 Å². The summed E-state index contributed by atoms with van der Waals surface area (Å²) >= 11 is 0. The summed E-state index contributed by atoms with van der Waals surface area (Å²) in [7, 11) is -1.83.